The monoisotopic (exact) mass is 289 g/mol. The highest BCUT2D eigenvalue weighted by Crippen LogP contribution is 2.37. The lowest BCUT2D eigenvalue weighted by molar-refractivity contribution is 0.243. The molecule has 6 nitrogen and oxygen atoms in total. The first kappa shape index (κ1) is 15.3. The van der Waals surface area contributed by atoms with E-state index in [1.54, 1.807) is 0 Å². The second kappa shape index (κ2) is 5.71. The summed E-state index contributed by atoms with van der Waals surface area (Å²) >= 11 is 0. The zero-order valence-corrected chi connectivity index (χ0v) is 13.3. The summed E-state index contributed by atoms with van der Waals surface area (Å²) in [6, 6.07) is 5.70. The van der Waals surface area contributed by atoms with Crippen LogP contribution >= 0.6 is 0 Å². The number of nitrogens with two attached hydrogens (primary N) is 1. The number of benzene rings is 1. The van der Waals surface area contributed by atoms with Gasteiger partial charge in [0.1, 0.15) is 5.75 Å². The third-order valence-electron chi connectivity index (χ3n) is 3.69. The fourth-order valence-corrected chi connectivity index (χ4v) is 2.05. The topological polar surface area (TPSA) is 78.8 Å². The van der Waals surface area contributed by atoms with Crippen molar-refractivity contribution in [1.82, 2.24) is 20.2 Å². The molecule has 114 valence electrons. The normalized spacial score (nSPS) is 13.2. The summed E-state index contributed by atoms with van der Waals surface area (Å²) in [7, 11) is 0. The average Bonchev–Trinajstić information content (AvgIpc) is 2.86. The molecule has 6 heteroatoms. The van der Waals surface area contributed by atoms with Gasteiger partial charge in [-0.25, -0.2) is 4.68 Å². The predicted molar refractivity (Wildman–Crippen MR) is 83.0 cm³/mol. The molecule has 0 aliphatic heterocycles. The van der Waals surface area contributed by atoms with Crippen molar-refractivity contribution in [1.29, 1.82) is 0 Å². The van der Waals surface area contributed by atoms with Crippen LogP contribution in [0.2, 0.25) is 0 Å². The van der Waals surface area contributed by atoms with Gasteiger partial charge in [-0.2, -0.15) is 0 Å². The molecule has 0 bridgehead atoms. The molecule has 0 saturated carbocycles. The van der Waals surface area contributed by atoms with Gasteiger partial charge in [-0.3, -0.25) is 0 Å². The van der Waals surface area contributed by atoms with Crippen molar-refractivity contribution in [3.05, 3.63) is 18.2 Å². The maximum atomic E-state index is 6.13. The summed E-state index contributed by atoms with van der Waals surface area (Å²) in [5, 5.41) is 12.1. The molecule has 1 aromatic carbocycles. The molecule has 1 heterocycles. The molecular weight excluding hydrogens is 266 g/mol. The van der Waals surface area contributed by atoms with Crippen LogP contribution in [0.5, 0.6) is 5.75 Å². The molecule has 1 atom stereocenters. The number of nitrogen functional groups attached to an aromatic ring is 1. The Balaban J connectivity index is 2.57. The standard InChI is InChI=1S/C15H23N5O/c1-6-21-12-9-7-8-11(16)13(12)14-17-18-19-20(14)10(2)15(3,4)5/h7-10H,6,16H2,1-5H3. The van der Waals surface area contributed by atoms with Gasteiger partial charge in [0.15, 0.2) is 5.82 Å². The van der Waals surface area contributed by atoms with E-state index in [0.717, 1.165) is 5.56 Å². The fraction of sp³-hybridized carbons (Fsp3) is 0.533. The van der Waals surface area contributed by atoms with Crippen LogP contribution in [0.4, 0.5) is 5.69 Å². The third-order valence-corrected chi connectivity index (χ3v) is 3.69. The van der Waals surface area contributed by atoms with Crippen molar-refractivity contribution in [3.63, 3.8) is 0 Å². The molecule has 2 rings (SSSR count). The minimum atomic E-state index is 0.0272. The highest BCUT2D eigenvalue weighted by molar-refractivity contribution is 5.77. The molecular formula is C15H23N5O. The van der Waals surface area contributed by atoms with Crippen LogP contribution in [0.1, 0.15) is 40.7 Å². The summed E-state index contributed by atoms with van der Waals surface area (Å²) in [5.41, 5.74) is 7.52. The Morgan fingerprint density at radius 3 is 2.67 bits per heavy atom. The van der Waals surface area contributed by atoms with E-state index in [4.69, 9.17) is 10.5 Å². The van der Waals surface area contributed by atoms with Crippen molar-refractivity contribution < 1.29 is 4.74 Å². The largest absolute Gasteiger partial charge is 0.493 e. The smallest absolute Gasteiger partial charge is 0.188 e. The molecule has 0 amide bonds. The Morgan fingerprint density at radius 2 is 2.05 bits per heavy atom. The molecule has 1 unspecified atom stereocenters. The Morgan fingerprint density at radius 1 is 1.33 bits per heavy atom. The Kier molecular flexibility index (Phi) is 4.16. The third kappa shape index (κ3) is 2.99. The Labute approximate surface area is 125 Å². The lowest BCUT2D eigenvalue weighted by Crippen LogP contribution is -2.23. The highest BCUT2D eigenvalue weighted by atomic mass is 16.5. The van der Waals surface area contributed by atoms with E-state index in [1.165, 1.54) is 0 Å². The predicted octanol–water partition coefficient (Wildman–Crippen LogP) is 2.93. The van der Waals surface area contributed by atoms with Crippen LogP contribution in [-0.2, 0) is 0 Å². The van der Waals surface area contributed by atoms with Gasteiger partial charge in [0.05, 0.1) is 18.2 Å². The van der Waals surface area contributed by atoms with Crippen LogP contribution in [-0.4, -0.2) is 26.8 Å². The summed E-state index contributed by atoms with van der Waals surface area (Å²) < 4.78 is 7.49. The van der Waals surface area contributed by atoms with Crippen LogP contribution in [0.3, 0.4) is 0 Å². The van der Waals surface area contributed by atoms with Gasteiger partial charge in [0.2, 0.25) is 0 Å². The number of hydrogen-bond acceptors (Lipinski definition) is 5. The second-order valence-electron chi connectivity index (χ2n) is 6.14. The number of tetrazole rings is 1. The molecule has 0 spiro atoms. The van der Waals surface area contributed by atoms with Crippen LogP contribution in [0.15, 0.2) is 18.2 Å². The van der Waals surface area contributed by atoms with Crippen molar-refractivity contribution in [3.8, 4) is 17.1 Å². The van der Waals surface area contributed by atoms with Crippen molar-refractivity contribution >= 4 is 5.69 Å². The lowest BCUT2D eigenvalue weighted by atomic mass is 9.88. The molecule has 0 radical (unpaired) electrons. The van der Waals surface area contributed by atoms with Gasteiger partial charge in [0.25, 0.3) is 0 Å². The number of nitrogens with zero attached hydrogens (tertiary/aromatic N) is 4. The van der Waals surface area contributed by atoms with Gasteiger partial charge in [0, 0.05) is 5.69 Å². The first-order chi connectivity index (χ1) is 9.86. The Bertz CT molecular complexity index is 615. The minimum Gasteiger partial charge on any atom is -0.493 e. The van der Waals surface area contributed by atoms with E-state index in [2.05, 4.69) is 43.2 Å². The number of hydrogen-bond donors (Lipinski definition) is 1. The molecule has 0 fully saturated rings. The lowest BCUT2D eigenvalue weighted by Gasteiger charge is -2.28. The SMILES string of the molecule is CCOc1cccc(N)c1-c1nnnn1C(C)C(C)(C)C. The average molecular weight is 289 g/mol. The molecule has 0 saturated heterocycles. The van der Waals surface area contributed by atoms with Gasteiger partial charge < -0.3 is 10.5 Å². The molecule has 0 aliphatic rings. The van der Waals surface area contributed by atoms with E-state index in [9.17, 15) is 0 Å². The first-order valence-corrected chi connectivity index (χ1v) is 7.15. The number of anilines is 1. The van der Waals surface area contributed by atoms with Gasteiger partial charge >= 0.3 is 0 Å². The maximum Gasteiger partial charge on any atom is 0.188 e. The fourth-order valence-electron chi connectivity index (χ4n) is 2.05. The van der Waals surface area contributed by atoms with Crippen molar-refractivity contribution in [2.24, 2.45) is 5.41 Å². The van der Waals surface area contributed by atoms with Gasteiger partial charge in [-0.15, -0.1) is 5.10 Å². The van der Waals surface area contributed by atoms with Crippen LogP contribution in [0.25, 0.3) is 11.4 Å². The summed E-state index contributed by atoms with van der Waals surface area (Å²) in [5.74, 6) is 1.34. The van der Waals surface area contributed by atoms with E-state index < -0.39 is 0 Å². The molecule has 21 heavy (non-hydrogen) atoms. The Hall–Kier alpha value is -2.11. The van der Waals surface area contributed by atoms with E-state index in [-0.39, 0.29) is 11.5 Å². The summed E-state index contributed by atoms with van der Waals surface area (Å²) in [6.07, 6.45) is 0. The summed E-state index contributed by atoms with van der Waals surface area (Å²) in [6.45, 7) is 11.1. The highest BCUT2D eigenvalue weighted by Gasteiger charge is 2.27. The molecule has 2 N–H and O–H groups in total. The molecule has 1 aromatic heterocycles. The molecule has 2 aromatic rings. The van der Waals surface area contributed by atoms with E-state index in [0.29, 0.717) is 23.9 Å². The van der Waals surface area contributed by atoms with Gasteiger partial charge in [-0.1, -0.05) is 26.8 Å². The van der Waals surface area contributed by atoms with Crippen LogP contribution < -0.4 is 10.5 Å². The quantitative estimate of drug-likeness (QED) is 0.875. The minimum absolute atomic E-state index is 0.0272. The van der Waals surface area contributed by atoms with E-state index >= 15 is 0 Å². The number of rotatable bonds is 4. The van der Waals surface area contributed by atoms with Crippen molar-refractivity contribution in [2.75, 3.05) is 12.3 Å². The zero-order chi connectivity index (χ0) is 15.6. The first-order valence-electron chi connectivity index (χ1n) is 7.15. The zero-order valence-electron chi connectivity index (χ0n) is 13.3. The number of ether oxygens (including phenoxy) is 1. The van der Waals surface area contributed by atoms with Crippen molar-refractivity contribution in [2.45, 2.75) is 40.7 Å². The number of aromatic nitrogens is 4. The van der Waals surface area contributed by atoms with Gasteiger partial charge in [-0.05, 0) is 41.8 Å². The van der Waals surface area contributed by atoms with Crippen LogP contribution in [0, 0.1) is 5.41 Å². The maximum absolute atomic E-state index is 6.13. The molecule has 0 aliphatic carbocycles. The van der Waals surface area contributed by atoms with E-state index in [1.807, 2.05) is 29.8 Å². The second-order valence-corrected chi connectivity index (χ2v) is 6.14. The summed E-state index contributed by atoms with van der Waals surface area (Å²) in [4.78, 5) is 0.